The Labute approximate surface area is 260 Å². The summed E-state index contributed by atoms with van der Waals surface area (Å²) in [6, 6.07) is 31.7. The van der Waals surface area contributed by atoms with E-state index in [0.717, 1.165) is 44.7 Å². The zero-order chi connectivity index (χ0) is 30.1. The van der Waals surface area contributed by atoms with E-state index in [2.05, 4.69) is 90.2 Å². The molecule has 9 heteroatoms. The van der Waals surface area contributed by atoms with Crippen LogP contribution < -0.4 is 10.2 Å². The van der Waals surface area contributed by atoms with Gasteiger partial charge in [0.15, 0.2) is 5.11 Å². The molecule has 0 radical (unpaired) electrons. The first-order valence-corrected chi connectivity index (χ1v) is 15.4. The van der Waals surface area contributed by atoms with Crippen molar-refractivity contribution in [2.24, 2.45) is 0 Å². The Morgan fingerprint density at radius 2 is 1.58 bits per heavy atom. The normalized spacial score (nSPS) is 16.3. The quantitative estimate of drug-likeness (QED) is 0.108. The molecule has 2 atom stereocenters. The van der Waals surface area contributed by atoms with E-state index in [1.54, 1.807) is 23.9 Å². The average Bonchev–Trinajstić information content (AvgIpc) is 3.52. The summed E-state index contributed by atoms with van der Waals surface area (Å²) in [6.45, 7) is 6.49. The van der Waals surface area contributed by atoms with Crippen LogP contribution in [0.2, 0.25) is 0 Å². The molecule has 1 saturated heterocycles. The number of aromatic nitrogens is 2. The number of nitro groups is 1. The van der Waals surface area contributed by atoms with Gasteiger partial charge in [0.05, 0.1) is 22.7 Å². The maximum Gasteiger partial charge on any atom is 0.269 e. The molecule has 5 aromatic rings. The number of non-ortho nitro benzene ring substituents is 1. The zero-order valence-corrected chi connectivity index (χ0v) is 25.7. The largest absolute Gasteiger partial charge is 0.351 e. The highest BCUT2D eigenvalue weighted by molar-refractivity contribution is 7.99. The number of nitrogens with zero attached hydrogens (tertiary/aromatic N) is 4. The molecular weight excluding hydrogens is 575 g/mol. The zero-order valence-electron chi connectivity index (χ0n) is 24.1. The lowest BCUT2D eigenvalue weighted by atomic mass is 9.96. The van der Waals surface area contributed by atoms with Crippen LogP contribution in [-0.4, -0.2) is 19.6 Å². The summed E-state index contributed by atoms with van der Waals surface area (Å²) in [5.74, 6) is 0. The monoisotopic (exact) mass is 605 g/mol. The van der Waals surface area contributed by atoms with E-state index in [-0.39, 0.29) is 22.7 Å². The number of aryl methyl sites for hydroxylation is 2. The molecule has 0 saturated carbocycles. The van der Waals surface area contributed by atoms with Crippen molar-refractivity contribution in [1.29, 1.82) is 0 Å². The van der Waals surface area contributed by atoms with Crippen LogP contribution in [0.3, 0.4) is 0 Å². The van der Waals surface area contributed by atoms with Crippen LogP contribution in [0.25, 0.3) is 5.69 Å². The molecule has 0 spiro atoms. The Bertz CT molecular complexity index is 1770. The van der Waals surface area contributed by atoms with E-state index in [0.29, 0.717) is 5.11 Å². The number of hydrogen-bond donors (Lipinski definition) is 1. The lowest BCUT2D eigenvalue weighted by molar-refractivity contribution is -0.384. The lowest BCUT2D eigenvalue weighted by Gasteiger charge is -2.28. The summed E-state index contributed by atoms with van der Waals surface area (Å²) in [5, 5.41) is 15.2. The average molecular weight is 606 g/mol. The van der Waals surface area contributed by atoms with Gasteiger partial charge in [-0.05, 0) is 110 Å². The fourth-order valence-corrected chi connectivity index (χ4v) is 6.92. The molecule has 2 aromatic heterocycles. The fourth-order valence-electron chi connectivity index (χ4n) is 5.76. The summed E-state index contributed by atoms with van der Waals surface area (Å²) in [7, 11) is 0. The molecule has 1 fully saturated rings. The summed E-state index contributed by atoms with van der Waals surface area (Å²) in [5.41, 5.74) is 7.95. The minimum Gasteiger partial charge on any atom is -0.351 e. The third-order valence-corrected chi connectivity index (χ3v) is 9.22. The van der Waals surface area contributed by atoms with E-state index < -0.39 is 0 Å². The third-order valence-electron chi connectivity index (χ3n) is 7.89. The smallest absolute Gasteiger partial charge is 0.269 e. The predicted octanol–water partition coefficient (Wildman–Crippen LogP) is 8.29. The second-order valence-electron chi connectivity index (χ2n) is 10.5. The van der Waals surface area contributed by atoms with Gasteiger partial charge in [0.1, 0.15) is 0 Å². The molecule has 2 unspecified atom stereocenters. The van der Waals surface area contributed by atoms with E-state index in [9.17, 15) is 10.1 Å². The summed E-state index contributed by atoms with van der Waals surface area (Å²) < 4.78 is 2.31. The first-order chi connectivity index (χ1) is 20.8. The van der Waals surface area contributed by atoms with Crippen molar-refractivity contribution in [1.82, 2.24) is 14.9 Å². The molecule has 6 rings (SSSR count). The Kier molecular flexibility index (Phi) is 8.01. The number of hydrogen-bond acceptors (Lipinski definition) is 5. The Balaban J connectivity index is 1.36. The van der Waals surface area contributed by atoms with Gasteiger partial charge >= 0.3 is 0 Å². The molecule has 0 bridgehead atoms. The van der Waals surface area contributed by atoms with Gasteiger partial charge in [0.25, 0.3) is 5.69 Å². The number of rotatable bonds is 8. The standard InChI is InChI=1S/C34H31N5O2S2/c1-4-24-8-10-25(11-9-24)37-22(2)21-30(23(37)3)33-32(31-7-5-6-20-35-31)36-34(42)38(33)26-12-16-28(17-13-26)43-29-18-14-27(15-19-29)39(40)41/h5-21,32-33H,4H2,1-3H3,(H,36,42). The van der Waals surface area contributed by atoms with Gasteiger partial charge in [-0.2, -0.15) is 0 Å². The van der Waals surface area contributed by atoms with Crippen LogP contribution in [0.4, 0.5) is 11.4 Å². The Morgan fingerprint density at radius 1 is 0.930 bits per heavy atom. The van der Waals surface area contributed by atoms with Gasteiger partial charge in [-0.15, -0.1) is 0 Å². The topological polar surface area (TPSA) is 76.2 Å². The van der Waals surface area contributed by atoms with Crippen molar-refractivity contribution < 1.29 is 4.92 Å². The number of nitro benzene ring substituents is 1. The van der Waals surface area contributed by atoms with Crippen molar-refractivity contribution >= 4 is 40.5 Å². The van der Waals surface area contributed by atoms with E-state index in [1.165, 1.54) is 23.3 Å². The van der Waals surface area contributed by atoms with E-state index in [1.807, 2.05) is 24.4 Å². The van der Waals surface area contributed by atoms with Gasteiger partial charge in [-0.25, -0.2) is 0 Å². The first kappa shape index (κ1) is 28.6. The van der Waals surface area contributed by atoms with E-state index in [4.69, 9.17) is 17.2 Å². The Morgan fingerprint density at radius 3 is 2.19 bits per heavy atom. The number of benzene rings is 3. The number of thiocarbonyl (C=S) groups is 1. The van der Waals surface area contributed by atoms with Crippen LogP contribution in [0.5, 0.6) is 0 Å². The summed E-state index contributed by atoms with van der Waals surface area (Å²) in [4.78, 5) is 19.5. The SMILES string of the molecule is CCc1ccc(-n2c(C)cc(C3C(c4ccccn4)NC(=S)N3c3ccc(Sc4ccc([N+](=O)[O-])cc4)cc3)c2C)cc1. The van der Waals surface area contributed by atoms with Gasteiger partial charge in [-0.3, -0.25) is 15.1 Å². The minimum absolute atomic E-state index is 0.0839. The molecule has 3 aromatic carbocycles. The fraction of sp³-hybridized carbons (Fsp3) is 0.176. The molecular formula is C34H31N5O2S2. The predicted molar refractivity (Wildman–Crippen MR) is 176 cm³/mol. The first-order valence-electron chi connectivity index (χ1n) is 14.1. The molecule has 7 nitrogen and oxygen atoms in total. The van der Waals surface area contributed by atoms with E-state index >= 15 is 0 Å². The van der Waals surface area contributed by atoms with Gasteiger partial charge in [0.2, 0.25) is 0 Å². The molecule has 216 valence electrons. The number of nitrogens with one attached hydrogen (secondary N) is 1. The van der Waals surface area contributed by atoms with Crippen LogP contribution in [0, 0.1) is 24.0 Å². The van der Waals surface area contributed by atoms with Crippen LogP contribution >= 0.6 is 24.0 Å². The van der Waals surface area contributed by atoms with Gasteiger partial charge in [-0.1, -0.05) is 36.9 Å². The van der Waals surface area contributed by atoms with Crippen LogP contribution in [-0.2, 0) is 6.42 Å². The molecule has 0 aliphatic carbocycles. The Hall–Kier alpha value is -4.47. The van der Waals surface area contributed by atoms with Gasteiger partial charge < -0.3 is 14.8 Å². The third kappa shape index (κ3) is 5.66. The molecule has 1 aliphatic rings. The molecule has 43 heavy (non-hydrogen) atoms. The van der Waals surface area contributed by atoms with Crippen LogP contribution in [0.15, 0.2) is 113 Å². The highest BCUT2D eigenvalue weighted by Crippen LogP contribution is 2.44. The second kappa shape index (κ2) is 12.0. The molecule has 1 N–H and O–H groups in total. The van der Waals surface area contributed by atoms with Crippen LogP contribution in [0.1, 0.15) is 47.2 Å². The maximum atomic E-state index is 11.0. The van der Waals surface area contributed by atoms with Gasteiger partial charge in [0, 0.05) is 50.9 Å². The minimum atomic E-state index is -0.385. The molecule has 3 heterocycles. The molecule has 0 amide bonds. The lowest BCUT2D eigenvalue weighted by Crippen LogP contribution is -2.29. The molecule has 1 aliphatic heterocycles. The number of pyridine rings is 1. The summed E-state index contributed by atoms with van der Waals surface area (Å²) >= 11 is 7.53. The van der Waals surface area contributed by atoms with Crippen molar-refractivity contribution in [2.45, 2.75) is 49.1 Å². The van der Waals surface area contributed by atoms with Crippen molar-refractivity contribution in [2.75, 3.05) is 4.90 Å². The van der Waals surface area contributed by atoms with Crippen molar-refractivity contribution in [3.63, 3.8) is 0 Å². The highest BCUT2D eigenvalue weighted by Gasteiger charge is 2.42. The van der Waals surface area contributed by atoms with Crippen molar-refractivity contribution in [3.8, 4) is 5.69 Å². The summed E-state index contributed by atoms with van der Waals surface area (Å²) in [6.07, 6.45) is 2.83. The highest BCUT2D eigenvalue weighted by atomic mass is 32.2. The van der Waals surface area contributed by atoms with Crippen molar-refractivity contribution in [3.05, 3.63) is 142 Å². The number of anilines is 1. The maximum absolute atomic E-state index is 11.0. The second-order valence-corrected chi connectivity index (χ2v) is 12.1.